The summed E-state index contributed by atoms with van der Waals surface area (Å²) < 4.78 is 1.76. The molecule has 0 saturated heterocycles. The van der Waals surface area contributed by atoms with Crippen molar-refractivity contribution in [3.63, 3.8) is 0 Å². The van der Waals surface area contributed by atoms with E-state index in [2.05, 4.69) is 39.8 Å². The Morgan fingerprint density at radius 1 is 1.08 bits per heavy atom. The second-order valence-electron chi connectivity index (χ2n) is 4.29. The first-order valence-electron chi connectivity index (χ1n) is 4.44. The summed E-state index contributed by atoms with van der Waals surface area (Å²) in [5.41, 5.74) is 2.25. The van der Waals surface area contributed by atoms with Crippen molar-refractivity contribution in [2.45, 2.75) is 33.2 Å². The van der Waals surface area contributed by atoms with Crippen molar-refractivity contribution in [3.8, 4) is 0 Å². The summed E-state index contributed by atoms with van der Waals surface area (Å²) in [7, 11) is 0. The summed E-state index contributed by atoms with van der Waals surface area (Å²) in [4.78, 5) is 0. The molecule has 13 heavy (non-hydrogen) atoms. The Bertz CT molecular complexity index is 271. The molecular formula is C11H16ClN. The van der Waals surface area contributed by atoms with Gasteiger partial charge in [0.15, 0.2) is 0 Å². The van der Waals surface area contributed by atoms with Crippen LogP contribution in [-0.4, -0.2) is 5.54 Å². The van der Waals surface area contributed by atoms with Crippen molar-refractivity contribution in [2.75, 3.05) is 4.42 Å². The molecule has 0 aliphatic rings. The lowest BCUT2D eigenvalue weighted by molar-refractivity contribution is 0.584. The van der Waals surface area contributed by atoms with Gasteiger partial charge in [0.25, 0.3) is 0 Å². The van der Waals surface area contributed by atoms with E-state index in [1.54, 1.807) is 4.42 Å². The molecule has 0 aromatic heterocycles. The van der Waals surface area contributed by atoms with Crippen LogP contribution in [0.3, 0.4) is 0 Å². The van der Waals surface area contributed by atoms with E-state index in [1.807, 2.05) is 12.1 Å². The van der Waals surface area contributed by atoms with Gasteiger partial charge in [-0.1, -0.05) is 17.7 Å². The molecule has 2 heteroatoms. The quantitative estimate of drug-likeness (QED) is 0.620. The van der Waals surface area contributed by atoms with Gasteiger partial charge >= 0.3 is 0 Å². The molecule has 0 bridgehead atoms. The van der Waals surface area contributed by atoms with E-state index >= 15 is 0 Å². The zero-order chi connectivity index (χ0) is 10.1. The highest BCUT2D eigenvalue weighted by atomic mass is 35.5. The average molecular weight is 198 g/mol. The first-order valence-corrected chi connectivity index (χ1v) is 4.78. The van der Waals surface area contributed by atoms with E-state index in [1.165, 1.54) is 5.56 Å². The van der Waals surface area contributed by atoms with Crippen LogP contribution in [0.5, 0.6) is 0 Å². The molecular weight excluding hydrogens is 182 g/mol. The maximum Gasteiger partial charge on any atom is 0.0529 e. The lowest BCUT2D eigenvalue weighted by Gasteiger charge is -2.30. The number of hydrogen-bond donors (Lipinski definition) is 0. The Hall–Kier alpha value is -0.690. The Kier molecular flexibility index (Phi) is 2.87. The lowest BCUT2D eigenvalue weighted by Crippen LogP contribution is -2.33. The second kappa shape index (κ2) is 3.59. The van der Waals surface area contributed by atoms with Crippen molar-refractivity contribution in [3.05, 3.63) is 29.8 Å². The van der Waals surface area contributed by atoms with Gasteiger partial charge in [-0.15, -0.1) is 0 Å². The molecule has 0 heterocycles. The fraction of sp³-hybridized carbons (Fsp3) is 0.455. The molecule has 0 N–H and O–H groups in total. The predicted molar refractivity (Wildman–Crippen MR) is 59.3 cm³/mol. The summed E-state index contributed by atoms with van der Waals surface area (Å²) >= 11 is 6.17. The molecule has 0 saturated carbocycles. The van der Waals surface area contributed by atoms with Gasteiger partial charge in [0.05, 0.1) is 5.69 Å². The van der Waals surface area contributed by atoms with Gasteiger partial charge in [0, 0.05) is 17.3 Å². The summed E-state index contributed by atoms with van der Waals surface area (Å²) in [6, 6.07) is 8.20. The van der Waals surface area contributed by atoms with E-state index in [0.717, 1.165) is 5.69 Å². The first kappa shape index (κ1) is 10.4. The first-order chi connectivity index (χ1) is 5.91. The Morgan fingerprint density at radius 3 is 1.92 bits per heavy atom. The summed E-state index contributed by atoms with van der Waals surface area (Å²) in [6.07, 6.45) is 0. The minimum atomic E-state index is -0.0448. The van der Waals surface area contributed by atoms with Gasteiger partial charge < -0.3 is 0 Å². The van der Waals surface area contributed by atoms with Gasteiger partial charge in [0.2, 0.25) is 0 Å². The molecule has 0 spiro atoms. The Labute approximate surface area is 85.4 Å². The van der Waals surface area contributed by atoms with Crippen molar-refractivity contribution >= 4 is 17.5 Å². The average Bonchev–Trinajstić information content (AvgIpc) is 2.03. The molecule has 0 radical (unpaired) electrons. The van der Waals surface area contributed by atoms with Gasteiger partial charge in [-0.2, -0.15) is 0 Å². The number of aryl methyl sites for hydroxylation is 1. The summed E-state index contributed by atoms with van der Waals surface area (Å²) in [5, 5.41) is 0. The van der Waals surface area contributed by atoms with E-state index in [9.17, 15) is 0 Å². The third-order valence-electron chi connectivity index (χ3n) is 1.85. The molecule has 0 aliphatic heterocycles. The molecule has 1 aromatic rings. The fourth-order valence-corrected chi connectivity index (χ4v) is 1.18. The van der Waals surface area contributed by atoms with Crippen LogP contribution in [0.25, 0.3) is 0 Å². The van der Waals surface area contributed by atoms with Crippen LogP contribution in [0.4, 0.5) is 5.69 Å². The summed E-state index contributed by atoms with van der Waals surface area (Å²) in [5.74, 6) is 0. The minimum absolute atomic E-state index is 0.0448. The van der Waals surface area contributed by atoms with Crippen molar-refractivity contribution in [2.24, 2.45) is 0 Å². The van der Waals surface area contributed by atoms with E-state index in [-0.39, 0.29) is 5.54 Å². The van der Waals surface area contributed by atoms with Gasteiger partial charge in [-0.3, -0.25) is 4.42 Å². The number of rotatable bonds is 1. The molecule has 0 unspecified atom stereocenters. The molecule has 0 aliphatic carbocycles. The molecule has 1 nitrogen and oxygen atoms in total. The van der Waals surface area contributed by atoms with Gasteiger partial charge in [0.1, 0.15) is 0 Å². The van der Waals surface area contributed by atoms with E-state index in [0.29, 0.717) is 0 Å². The van der Waals surface area contributed by atoms with Crippen LogP contribution in [-0.2, 0) is 0 Å². The van der Waals surface area contributed by atoms with Crippen LogP contribution < -0.4 is 4.42 Å². The third kappa shape index (κ3) is 2.63. The van der Waals surface area contributed by atoms with Crippen molar-refractivity contribution < 1.29 is 0 Å². The second-order valence-corrected chi connectivity index (χ2v) is 4.63. The molecule has 0 atom stereocenters. The van der Waals surface area contributed by atoms with Crippen molar-refractivity contribution in [1.29, 1.82) is 0 Å². The highest BCUT2D eigenvalue weighted by Gasteiger charge is 2.19. The Balaban J connectivity index is 2.90. The lowest BCUT2D eigenvalue weighted by atomic mass is 10.1. The van der Waals surface area contributed by atoms with E-state index < -0.39 is 0 Å². The van der Waals surface area contributed by atoms with Crippen LogP contribution in [0, 0.1) is 6.92 Å². The summed E-state index contributed by atoms with van der Waals surface area (Å²) in [6.45, 7) is 8.32. The fourth-order valence-electron chi connectivity index (χ4n) is 1.06. The van der Waals surface area contributed by atoms with Crippen molar-refractivity contribution in [1.82, 2.24) is 0 Å². The molecule has 1 rings (SSSR count). The Morgan fingerprint density at radius 2 is 1.54 bits per heavy atom. The van der Waals surface area contributed by atoms with Crippen LogP contribution >= 0.6 is 11.8 Å². The van der Waals surface area contributed by atoms with Crippen LogP contribution in [0.15, 0.2) is 24.3 Å². The monoisotopic (exact) mass is 197 g/mol. The highest BCUT2D eigenvalue weighted by molar-refractivity contribution is 6.26. The molecule has 0 amide bonds. The zero-order valence-corrected chi connectivity index (χ0v) is 9.39. The van der Waals surface area contributed by atoms with Crippen LogP contribution in [0.2, 0.25) is 0 Å². The maximum absolute atomic E-state index is 6.17. The normalized spacial score (nSPS) is 11.5. The van der Waals surface area contributed by atoms with E-state index in [4.69, 9.17) is 11.8 Å². The standard InChI is InChI=1S/C11H16ClN/c1-9-5-7-10(8-6-9)13(12)11(2,3)4/h5-8H,1-4H3. The van der Waals surface area contributed by atoms with Crippen LogP contribution in [0.1, 0.15) is 26.3 Å². The number of benzene rings is 1. The number of hydrogen-bond acceptors (Lipinski definition) is 1. The van der Waals surface area contributed by atoms with Gasteiger partial charge in [-0.25, -0.2) is 0 Å². The SMILES string of the molecule is Cc1ccc(N(Cl)C(C)(C)C)cc1. The maximum atomic E-state index is 6.17. The highest BCUT2D eigenvalue weighted by Crippen LogP contribution is 2.25. The number of anilines is 1. The zero-order valence-electron chi connectivity index (χ0n) is 8.63. The molecule has 1 aromatic carbocycles. The smallest absolute Gasteiger partial charge is 0.0529 e. The predicted octanol–water partition coefficient (Wildman–Crippen LogP) is 3.75. The third-order valence-corrected chi connectivity index (χ3v) is 2.55. The molecule has 0 fully saturated rings. The minimum Gasteiger partial charge on any atom is -0.280 e. The molecule has 72 valence electrons. The largest absolute Gasteiger partial charge is 0.280 e. The topological polar surface area (TPSA) is 3.24 Å². The number of nitrogens with zero attached hydrogens (tertiary/aromatic N) is 1. The van der Waals surface area contributed by atoms with Gasteiger partial charge in [-0.05, 0) is 39.8 Å². The number of halogens is 1.